The van der Waals surface area contributed by atoms with Crippen molar-refractivity contribution in [2.75, 3.05) is 0 Å². The second kappa shape index (κ2) is 3.51. The maximum atomic E-state index is 6.09. The Morgan fingerprint density at radius 3 is 2.46 bits per heavy atom. The van der Waals surface area contributed by atoms with Crippen LogP contribution in [0.1, 0.15) is 36.4 Å². The van der Waals surface area contributed by atoms with E-state index in [9.17, 15) is 0 Å². The minimum absolute atomic E-state index is 0.257. The highest BCUT2D eigenvalue weighted by Gasteiger charge is 2.24. The highest BCUT2D eigenvalue weighted by molar-refractivity contribution is 5.23. The third kappa shape index (κ3) is 2.31. The molecule has 1 aliphatic rings. The molecule has 2 N–H and O–H groups in total. The lowest BCUT2D eigenvalue weighted by Crippen LogP contribution is -2.10. The second-order valence-corrected chi connectivity index (χ2v) is 4.20. The molecule has 1 atom stereocenters. The summed E-state index contributed by atoms with van der Waals surface area (Å²) in [5, 5.41) is 0. The van der Waals surface area contributed by atoms with E-state index in [1.165, 1.54) is 30.4 Å². The van der Waals surface area contributed by atoms with Gasteiger partial charge in [-0.05, 0) is 24.8 Å². The molecule has 0 unspecified atom stereocenters. The van der Waals surface area contributed by atoms with Crippen LogP contribution in [0, 0.1) is 12.8 Å². The van der Waals surface area contributed by atoms with E-state index in [4.69, 9.17) is 5.73 Å². The molecule has 1 fully saturated rings. The van der Waals surface area contributed by atoms with Crippen molar-refractivity contribution in [3.8, 4) is 0 Å². The summed E-state index contributed by atoms with van der Waals surface area (Å²) < 4.78 is 0. The van der Waals surface area contributed by atoms with Gasteiger partial charge in [0.2, 0.25) is 0 Å². The topological polar surface area (TPSA) is 26.0 Å². The molecule has 0 spiro atoms. The Morgan fingerprint density at radius 1 is 1.31 bits per heavy atom. The van der Waals surface area contributed by atoms with Crippen molar-refractivity contribution in [2.45, 2.75) is 32.2 Å². The summed E-state index contributed by atoms with van der Waals surface area (Å²) in [4.78, 5) is 0. The lowest BCUT2D eigenvalue weighted by Gasteiger charge is -2.11. The predicted octanol–water partition coefficient (Wildman–Crippen LogP) is 2.79. The molecule has 0 bridgehead atoms. The van der Waals surface area contributed by atoms with Gasteiger partial charge in [0.05, 0.1) is 0 Å². The van der Waals surface area contributed by atoms with E-state index in [2.05, 4.69) is 31.2 Å². The Kier molecular flexibility index (Phi) is 2.36. The van der Waals surface area contributed by atoms with Crippen LogP contribution in [0.4, 0.5) is 0 Å². The van der Waals surface area contributed by atoms with E-state index in [0.29, 0.717) is 0 Å². The van der Waals surface area contributed by atoms with Crippen LogP contribution >= 0.6 is 0 Å². The summed E-state index contributed by atoms with van der Waals surface area (Å²) in [6, 6.07) is 8.85. The summed E-state index contributed by atoms with van der Waals surface area (Å²) in [5.41, 5.74) is 8.68. The van der Waals surface area contributed by atoms with Crippen molar-refractivity contribution in [3.63, 3.8) is 0 Å². The van der Waals surface area contributed by atoms with Crippen LogP contribution in [0.3, 0.4) is 0 Å². The summed E-state index contributed by atoms with van der Waals surface area (Å²) in [6.07, 6.45) is 3.95. The van der Waals surface area contributed by atoms with Gasteiger partial charge in [0.15, 0.2) is 0 Å². The van der Waals surface area contributed by atoms with Crippen molar-refractivity contribution in [3.05, 3.63) is 35.4 Å². The number of hydrogen-bond donors (Lipinski definition) is 1. The Labute approximate surface area is 80.0 Å². The molecule has 0 aliphatic heterocycles. The van der Waals surface area contributed by atoms with Crippen molar-refractivity contribution in [1.29, 1.82) is 0 Å². The first-order chi connectivity index (χ1) is 6.25. The van der Waals surface area contributed by atoms with Crippen LogP contribution in [0.25, 0.3) is 0 Å². The quantitative estimate of drug-likeness (QED) is 0.751. The number of hydrogen-bond acceptors (Lipinski definition) is 1. The fourth-order valence-electron chi connectivity index (χ4n) is 1.66. The molecule has 70 valence electrons. The zero-order valence-corrected chi connectivity index (χ0v) is 8.16. The maximum Gasteiger partial charge on any atom is 0.0297 e. The molecule has 1 heteroatoms. The van der Waals surface area contributed by atoms with Gasteiger partial charge in [0.1, 0.15) is 0 Å². The van der Waals surface area contributed by atoms with E-state index >= 15 is 0 Å². The molecule has 0 amide bonds. The van der Waals surface area contributed by atoms with Crippen LogP contribution < -0.4 is 5.73 Å². The smallest absolute Gasteiger partial charge is 0.0297 e. The first-order valence-electron chi connectivity index (χ1n) is 5.08. The molecule has 0 saturated heterocycles. The highest BCUT2D eigenvalue weighted by atomic mass is 14.6. The average molecular weight is 175 g/mol. The van der Waals surface area contributed by atoms with Crippen molar-refractivity contribution < 1.29 is 0 Å². The third-order valence-electron chi connectivity index (χ3n) is 2.79. The number of benzene rings is 1. The van der Waals surface area contributed by atoms with Crippen molar-refractivity contribution in [2.24, 2.45) is 11.7 Å². The van der Waals surface area contributed by atoms with E-state index in [1.54, 1.807) is 0 Å². The Bertz CT molecular complexity index is 272. The Hall–Kier alpha value is -0.820. The Balaban J connectivity index is 2.01. The van der Waals surface area contributed by atoms with Crippen molar-refractivity contribution >= 4 is 0 Å². The largest absolute Gasteiger partial charge is 0.324 e. The normalized spacial score (nSPS) is 18.6. The van der Waals surface area contributed by atoms with Crippen LogP contribution in [0.2, 0.25) is 0 Å². The number of rotatable bonds is 3. The zero-order chi connectivity index (χ0) is 9.26. The minimum Gasteiger partial charge on any atom is -0.324 e. The second-order valence-electron chi connectivity index (χ2n) is 4.20. The SMILES string of the molecule is Cc1ccc([C@@H](N)CC2CC2)cc1. The maximum absolute atomic E-state index is 6.09. The summed E-state index contributed by atoms with van der Waals surface area (Å²) in [5.74, 6) is 0.913. The van der Waals surface area contributed by atoms with Crippen LogP contribution in [-0.4, -0.2) is 0 Å². The monoisotopic (exact) mass is 175 g/mol. The van der Waals surface area contributed by atoms with E-state index in [-0.39, 0.29) is 6.04 Å². The minimum atomic E-state index is 0.257. The summed E-state index contributed by atoms with van der Waals surface area (Å²) >= 11 is 0. The molecular weight excluding hydrogens is 158 g/mol. The van der Waals surface area contributed by atoms with E-state index in [0.717, 1.165) is 5.92 Å². The van der Waals surface area contributed by atoms with Gasteiger partial charge in [-0.25, -0.2) is 0 Å². The van der Waals surface area contributed by atoms with Crippen molar-refractivity contribution in [1.82, 2.24) is 0 Å². The van der Waals surface area contributed by atoms with Crippen LogP contribution in [-0.2, 0) is 0 Å². The van der Waals surface area contributed by atoms with Gasteiger partial charge in [0.25, 0.3) is 0 Å². The molecule has 1 nitrogen and oxygen atoms in total. The van der Waals surface area contributed by atoms with Gasteiger partial charge in [-0.15, -0.1) is 0 Å². The Morgan fingerprint density at radius 2 is 1.92 bits per heavy atom. The van der Waals surface area contributed by atoms with Crippen LogP contribution in [0.15, 0.2) is 24.3 Å². The first kappa shape index (κ1) is 8.76. The van der Waals surface area contributed by atoms with E-state index in [1.807, 2.05) is 0 Å². The molecule has 0 heterocycles. The van der Waals surface area contributed by atoms with Gasteiger partial charge in [-0.2, -0.15) is 0 Å². The predicted molar refractivity (Wildman–Crippen MR) is 55.4 cm³/mol. The molecule has 1 aromatic rings. The molecule has 1 saturated carbocycles. The van der Waals surface area contributed by atoms with Crippen LogP contribution in [0.5, 0.6) is 0 Å². The standard InChI is InChI=1S/C12H17N/c1-9-2-6-11(7-3-9)12(13)8-10-4-5-10/h2-3,6-7,10,12H,4-5,8,13H2,1H3/t12-/m0/s1. The molecule has 13 heavy (non-hydrogen) atoms. The lowest BCUT2D eigenvalue weighted by atomic mass is 10.0. The van der Waals surface area contributed by atoms with E-state index < -0.39 is 0 Å². The molecule has 1 aliphatic carbocycles. The molecule has 0 radical (unpaired) electrons. The first-order valence-corrected chi connectivity index (χ1v) is 5.08. The fourth-order valence-corrected chi connectivity index (χ4v) is 1.66. The fraction of sp³-hybridized carbons (Fsp3) is 0.500. The summed E-state index contributed by atoms with van der Waals surface area (Å²) in [7, 11) is 0. The average Bonchev–Trinajstić information content (AvgIpc) is 2.89. The van der Waals surface area contributed by atoms with Gasteiger partial charge < -0.3 is 5.73 Å². The zero-order valence-electron chi connectivity index (χ0n) is 8.16. The lowest BCUT2D eigenvalue weighted by molar-refractivity contribution is 0.597. The molecule has 1 aromatic carbocycles. The molecule has 2 rings (SSSR count). The molecular formula is C12H17N. The third-order valence-corrected chi connectivity index (χ3v) is 2.79. The molecule has 0 aromatic heterocycles. The highest BCUT2D eigenvalue weighted by Crippen LogP contribution is 2.36. The summed E-state index contributed by atoms with van der Waals surface area (Å²) in [6.45, 7) is 2.11. The van der Waals surface area contributed by atoms with Gasteiger partial charge in [-0.3, -0.25) is 0 Å². The number of aryl methyl sites for hydroxylation is 1. The van der Waals surface area contributed by atoms with Gasteiger partial charge >= 0.3 is 0 Å². The van der Waals surface area contributed by atoms with Gasteiger partial charge in [-0.1, -0.05) is 42.7 Å². The van der Waals surface area contributed by atoms with Gasteiger partial charge in [0, 0.05) is 6.04 Å². The number of nitrogens with two attached hydrogens (primary N) is 1.